The minimum Gasteiger partial charge on any atom is -0.389 e. The summed E-state index contributed by atoms with van der Waals surface area (Å²) in [6.07, 6.45) is -2.79. The maximum atomic E-state index is 10.1. The van der Waals surface area contributed by atoms with Crippen LogP contribution in [-0.2, 0) is 4.79 Å². The number of carbonyl (C=O) groups is 1. The first kappa shape index (κ1) is 8.35. The molecule has 2 unspecified atom stereocenters. The molecule has 0 bridgehead atoms. The van der Waals surface area contributed by atoms with Crippen LogP contribution < -0.4 is 11.5 Å². The van der Waals surface area contributed by atoms with Gasteiger partial charge >= 0.3 is 0 Å². The van der Waals surface area contributed by atoms with Gasteiger partial charge in [-0.15, -0.1) is 0 Å². The number of primary amides is 1. The van der Waals surface area contributed by atoms with Crippen LogP contribution in [0.25, 0.3) is 0 Å². The van der Waals surface area contributed by atoms with Gasteiger partial charge in [-0.25, -0.2) is 0 Å². The lowest BCUT2D eigenvalue weighted by molar-refractivity contribution is -0.131. The number of amides is 1. The molecular weight excluding hydrogens is 124 g/mol. The van der Waals surface area contributed by atoms with Crippen LogP contribution in [0, 0.1) is 0 Å². The average molecular weight is 134 g/mol. The van der Waals surface area contributed by atoms with Crippen molar-refractivity contribution in [3.63, 3.8) is 0 Å². The van der Waals surface area contributed by atoms with E-state index in [0.717, 1.165) is 0 Å². The molecule has 0 rings (SSSR count). The second-order valence-corrected chi connectivity index (χ2v) is 1.65. The lowest BCUT2D eigenvalue weighted by atomic mass is 10.2. The van der Waals surface area contributed by atoms with Crippen LogP contribution in [0.5, 0.6) is 0 Å². The minimum atomic E-state index is -1.55. The number of hydrogen-bond donors (Lipinski definition) is 4. The zero-order valence-corrected chi connectivity index (χ0v) is 4.82. The Morgan fingerprint density at radius 3 is 2.11 bits per heavy atom. The van der Waals surface area contributed by atoms with E-state index in [1.54, 1.807) is 0 Å². The Morgan fingerprint density at radius 2 is 2.00 bits per heavy atom. The van der Waals surface area contributed by atoms with Crippen molar-refractivity contribution in [1.82, 2.24) is 0 Å². The third kappa shape index (κ3) is 2.41. The monoisotopic (exact) mass is 134 g/mol. The molecule has 54 valence electrons. The van der Waals surface area contributed by atoms with Gasteiger partial charge in [-0.2, -0.15) is 0 Å². The highest BCUT2D eigenvalue weighted by atomic mass is 16.3. The molecule has 0 aliphatic heterocycles. The van der Waals surface area contributed by atoms with Gasteiger partial charge in [0.05, 0.1) is 0 Å². The molecule has 0 aromatic carbocycles. The van der Waals surface area contributed by atoms with E-state index in [-0.39, 0.29) is 6.54 Å². The SMILES string of the molecule is NCC(O)C(O)C(N)=O. The van der Waals surface area contributed by atoms with Crippen molar-refractivity contribution in [1.29, 1.82) is 0 Å². The lowest BCUT2D eigenvalue weighted by Crippen LogP contribution is -2.42. The molecule has 9 heavy (non-hydrogen) atoms. The largest absolute Gasteiger partial charge is 0.389 e. The molecule has 0 aliphatic rings. The van der Waals surface area contributed by atoms with Crippen molar-refractivity contribution < 1.29 is 15.0 Å². The van der Waals surface area contributed by atoms with Crippen LogP contribution >= 0.6 is 0 Å². The van der Waals surface area contributed by atoms with Crippen LogP contribution in [0.4, 0.5) is 0 Å². The Labute approximate surface area is 52.3 Å². The summed E-state index contributed by atoms with van der Waals surface area (Å²) < 4.78 is 0. The van der Waals surface area contributed by atoms with Crippen molar-refractivity contribution in [3.05, 3.63) is 0 Å². The predicted octanol–water partition coefficient (Wildman–Crippen LogP) is -2.85. The molecule has 0 aromatic rings. The molecule has 0 spiro atoms. The van der Waals surface area contributed by atoms with Crippen LogP contribution in [0.3, 0.4) is 0 Å². The van der Waals surface area contributed by atoms with Crippen molar-refractivity contribution in [2.24, 2.45) is 11.5 Å². The van der Waals surface area contributed by atoms with E-state index in [1.807, 2.05) is 0 Å². The van der Waals surface area contributed by atoms with E-state index in [1.165, 1.54) is 0 Å². The normalized spacial score (nSPS) is 16.8. The lowest BCUT2D eigenvalue weighted by Gasteiger charge is -2.10. The molecule has 0 fully saturated rings. The zero-order chi connectivity index (χ0) is 7.44. The second kappa shape index (κ2) is 3.39. The first-order chi connectivity index (χ1) is 4.09. The Balaban J connectivity index is 3.72. The summed E-state index contributed by atoms with van der Waals surface area (Å²) in [5.41, 5.74) is 9.50. The van der Waals surface area contributed by atoms with Gasteiger partial charge in [0.15, 0.2) is 6.10 Å². The van der Waals surface area contributed by atoms with Gasteiger partial charge in [0.2, 0.25) is 5.91 Å². The Kier molecular flexibility index (Phi) is 3.15. The Morgan fingerprint density at radius 1 is 1.56 bits per heavy atom. The van der Waals surface area contributed by atoms with Gasteiger partial charge in [0, 0.05) is 6.54 Å². The number of aliphatic hydroxyl groups is 2. The molecule has 6 N–H and O–H groups in total. The fourth-order valence-electron chi connectivity index (χ4n) is 0.319. The molecule has 5 heteroatoms. The fourth-order valence-corrected chi connectivity index (χ4v) is 0.319. The van der Waals surface area contributed by atoms with Gasteiger partial charge in [-0.05, 0) is 0 Å². The third-order valence-corrected chi connectivity index (χ3v) is 0.897. The molecule has 0 radical (unpaired) electrons. The van der Waals surface area contributed by atoms with Gasteiger partial charge in [-0.3, -0.25) is 4.79 Å². The van der Waals surface area contributed by atoms with Crippen LogP contribution in [-0.4, -0.2) is 34.9 Å². The summed E-state index contributed by atoms with van der Waals surface area (Å²) in [5, 5.41) is 17.2. The highest BCUT2D eigenvalue weighted by Crippen LogP contribution is 1.87. The quantitative estimate of drug-likeness (QED) is 0.333. The van der Waals surface area contributed by atoms with Gasteiger partial charge in [-0.1, -0.05) is 0 Å². The smallest absolute Gasteiger partial charge is 0.249 e. The van der Waals surface area contributed by atoms with Crippen molar-refractivity contribution >= 4 is 5.91 Å². The zero-order valence-electron chi connectivity index (χ0n) is 4.82. The summed E-state index contributed by atoms with van der Waals surface area (Å²) in [4.78, 5) is 10.1. The molecule has 0 saturated heterocycles. The first-order valence-corrected chi connectivity index (χ1v) is 2.45. The van der Waals surface area contributed by atoms with Crippen LogP contribution in [0.15, 0.2) is 0 Å². The van der Waals surface area contributed by atoms with E-state index in [9.17, 15) is 4.79 Å². The van der Waals surface area contributed by atoms with Gasteiger partial charge < -0.3 is 21.7 Å². The molecule has 2 atom stereocenters. The van der Waals surface area contributed by atoms with E-state index >= 15 is 0 Å². The van der Waals surface area contributed by atoms with Gasteiger partial charge in [0.25, 0.3) is 0 Å². The molecule has 0 aliphatic carbocycles. The predicted molar refractivity (Wildman–Crippen MR) is 30.3 cm³/mol. The Bertz CT molecular complexity index is 106. The van der Waals surface area contributed by atoms with Crippen molar-refractivity contribution in [3.8, 4) is 0 Å². The first-order valence-electron chi connectivity index (χ1n) is 2.45. The molecule has 0 heterocycles. The molecular formula is C4H10N2O3. The Hall–Kier alpha value is -0.650. The summed E-state index contributed by atoms with van der Waals surface area (Å²) in [7, 11) is 0. The minimum absolute atomic E-state index is 0.176. The van der Waals surface area contributed by atoms with Gasteiger partial charge in [0.1, 0.15) is 6.10 Å². The number of hydrogen-bond acceptors (Lipinski definition) is 4. The summed E-state index contributed by atoms with van der Waals surface area (Å²) in [5.74, 6) is -0.965. The maximum absolute atomic E-state index is 10.1. The van der Waals surface area contributed by atoms with Crippen LogP contribution in [0.2, 0.25) is 0 Å². The highest BCUT2D eigenvalue weighted by Gasteiger charge is 2.19. The molecule has 1 amide bonds. The summed E-state index contributed by atoms with van der Waals surface area (Å²) >= 11 is 0. The van der Waals surface area contributed by atoms with Crippen molar-refractivity contribution in [2.75, 3.05) is 6.54 Å². The van der Waals surface area contributed by atoms with Crippen LogP contribution in [0.1, 0.15) is 0 Å². The van der Waals surface area contributed by atoms with E-state index in [0.29, 0.717) is 0 Å². The van der Waals surface area contributed by atoms with E-state index in [4.69, 9.17) is 15.9 Å². The summed E-state index contributed by atoms with van der Waals surface area (Å²) in [6.45, 7) is -0.176. The molecule has 0 saturated carbocycles. The average Bonchev–Trinajstić information content (AvgIpc) is 1.84. The van der Waals surface area contributed by atoms with E-state index in [2.05, 4.69) is 5.73 Å². The molecule has 5 nitrogen and oxygen atoms in total. The standard InChI is InChI=1S/C4H10N2O3/c5-1-2(7)3(8)4(6)9/h2-3,7-8H,1,5H2,(H2,6,9). The second-order valence-electron chi connectivity index (χ2n) is 1.65. The van der Waals surface area contributed by atoms with E-state index < -0.39 is 18.1 Å². The number of nitrogens with two attached hydrogens (primary N) is 2. The van der Waals surface area contributed by atoms with Crippen molar-refractivity contribution in [2.45, 2.75) is 12.2 Å². The number of aliphatic hydroxyl groups excluding tert-OH is 2. The number of carbonyl (C=O) groups excluding carboxylic acids is 1. The maximum Gasteiger partial charge on any atom is 0.249 e. The highest BCUT2D eigenvalue weighted by molar-refractivity contribution is 5.79. The summed E-state index contributed by atoms with van der Waals surface area (Å²) in [6, 6.07) is 0. The fraction of sp³-hybridized carbons (Fsp3) is 0.750. The molecule has 0 aromatic heterocycles. The number of rotatable bonds is 3. The third-order valence-electron chi connectivity index (χ3n) is 0.897. The topological polar surface area (TPSA) is 110 Å².